The van der Waals surface area contributed by atoms with Crippen LogP contribution in [-0.2, 0) is 0 Å². The van der Waals surface area contributed by atoms with Gasteiger partial charge < -0.3 is 15.3 Å². The third-order valence-corrected chi connectivity index (χ3v) is 5.19. The quantitative estimate of drug-likeness (QED) is 0.682. The Labute approximate surface area is 125 Å². The van der Waals surface area contributed by atoms with Gasteiger partial charge in [0, 0.05) is 25.7 Å². The van der Waals surface area contributed by atoms with Crippen LogP contribution >= 0.6 is 0 Å². The summed E-state index contributed by atoms with van der Waals surface area (Å²) in [6.07, 6.45) is 9.42. The standard InChI is InChI=1S/C17H34N2O/c1-3-10-19(11-12-20)14-17(13-18-16-4-5-16)8-6-15(2)7-9-17/h15-16,18,20H,3-14H2,1-2H3. The number of aliphatic hydroxyl groups excluding tert-OH is 1. The molecule has 0 spiro atoms. The Morgan fingerprint density at radius 3 is 2.40 bits per heavy atom. The highest BCUT2D eigenvalue weighted by atomic mass is 16.3. The van der Waals surface area contributed by atoms with Crippen LogP contribution in [0.15, 0.2) is 0 Å². The lowest BCUT2D eigenvalue weighted by atomic mass is 9.70. The van der Waals surface area contributed by atoms with Crippen molar-refractivity contribution in [1.29, 1.82) is 0 Å². The third kappa shape index (κ3) is 5.01. The van der Waals surface area contributed by atoms with Gasteiger partial charge >= 0.3 is 0 Å². The Morgan fingerprint density at radius 2 is 1.85 bits per heavy atom. The largest absolute Gasteiger partial charge is 0.395 e. The predicted octanol–water partition coefficient (Wildman–Crippen LogP) is 2.64. The summed E-state index contributed by atoms with van der Waals surface area (Å²) in [5.41, 5.74) is 0.458. The molecule has 2 aliphatic rings. The molecular weight excluding hydrogens is 248 g/mol. The molecule has 20 heavy (non-hydrogen) atoms. The van der Waals surface area contributed by atoms with E-state index in [1.165, 1.54) is 58.0 Å². The van der Waals surface area contributed by atoms with Gasteiger partial charge in [-0.3, -0.25) is 0 Å². The fraction of sp³-hybridized carbons (Fsp3) is 1.00. The summed E-state index contributed by atoms with van der Waals surface area (Å²) in [4.78, 5) is 2.49. The van der Waals surface area contributed by atoms with Crippen molar-refractivity contribution in [2.75, 3.05) is 32.8 Å². The Balaban J connectivity index is 1.92. The van der Waals surface area contributed by atoms with Crippen LogP contribution in [0, 0.1) is 11.3 Å². The molecule has 0 amide bonds. The van der Waals surface area contributed by atoms with E-state index in [-0.39, 0.29) is 0 Å². The van der Waals surface area contributed by atoms with Gasteiger partial charge in [0.05, 0.1) is 6.61 Å². The van der Waals surface area contributed by atoms with Gasteiger partial charge in [-0.15, -0.1) is 0 Å². The van der Waals surface area contributed by atoms with Crippen LogP contribution in [-0.4, -0.2) is 48.8 Å². The average molecular weight is 282 g/mol. The second-order valence-corrected chi connectivity index (χ2v) is 7.34. The Morgan fingerprint density at radius 1 is 1.15 bits per heavy atom. The molecule has 2 N–H and O–H groups in total. The van der Waals surface area contributed by atoms with Gasteiger partial charge in [-0.1, -0.05) is 26.7 Å². The zero-order valence-electron chi connectivity index (χ0n) is 13.5. The summed E-state index contributed by atoms with van der Waals surface area (Å²) in [6, 6.07) is 0.809. The molecule has 0 aromatic carbocycles. The summed E-state index contributed by atoms with van der Waals surface area (Å²) >= 11 is 0. The molecule has 0 bridgehead atoms. The van der Waals surface area contributed by atoms with Crippen molar-refractivity contribution < 1.29 is 5.11 Å². The molecule has 0 unspecified atom stereocenters. The maximum Gasteiger partial charge on any atom is 0.0558 e. The van der Waals surface area contributed by atoms with Crippen LogP contribution < -0.4 is 5.32 Å². The Hall–Kier alpha value is -0.120. The Kier molecular flexibility index (Phi) is 6.31. The van der Waals surface area contributed by atoms with Crippen LogP contribution in [0.1, 0.15) is 58.8 Å². The highest BCUT2D eigenvalue weighted by molar-refractivity contribution is 4.92. The SMILES string of the molecule is CCCN(CCO)CC1(CNC2CC2)CCC(C)CC1. The fourth-order valence-corrected chi connectivity index (χ4v) is 3.62. The van der Waals surface area contributed by atoms with E-state index in [4.69, 9.17) is 0 Å². The molecule has 0 radical (unpaired) electrons. The molecule has 0 heterocycles. The van der Waals surface area contributed by atoms with Gasteiger partial charge in [-0.25, -0.2) is 0 Å². The average Bonchev–Trinajstić information content (AvgIpc) is 3.25. The van der Waals surface area contributed by atoms with Crippen LogP contribution in [0.4, 0.5) is 0 Å². The molecule has 0 aliphatic heterocycles. The van der Waals surface area contributed by atoms with Crippen molar-refractivity contribution in [3.05, 3.63) is 0 Å². The minimum Gasteiger partial charge on any atom is -0.395 e. The number of nitrogens with zero attached hydrogens (tertiary/aromatic N) is 1. The maximum atomic E-state index is 9.29. The van der Waals surface area contributed by atoms with Gasteiger partial charge in [0.2, 0.25) is 0 Å². The molecule has 2 aliphatic carbocycles. The van der Waals surface area contributed by atoms with E-state index in [0.717, 1.165) is 25.0 Å². The van der Waals surface area contributed by atoms with Crippen LogP contribution in [0.3, 0.4) is 0 Å². The van der Waals surface area contributed by atoms with Crippen molar-refractivity contribution in [3.8, 4) is 0 Å². The molecule has 2 rings (SSSR count). The smallest absolute Gasteiger partial charge is 0.0558 e. The molecule has 118 valence electrons. The summed E-state index contributed by atoms with van der Waals surface area (Å²) in [5.74, 6) is 0.904. The number of rotatable bonds is 9. The fourth-order valence-electron chi connectivity index (χ4n) is 3.62. The second-order valence-electron chi connectivity index (χ2n) is 7.34. The summed E-state index contributed by atoms with van der Waals surface area (Å²) < 4.78 is 0. The zero-order chi connectivity index (χ0) is 14.4. The van der Waals surface area contributed by atoms with E-state index in [0.29, 0.717) is 12.0 Å². The third-order valence-electron chi connectivity index (χ3n) is 5.19. The lowest BCUT2D eigenvalue weighted by Gasteiger charge is -2.43. The minimum atomic E-state index is 0.294. The first kappa shape index (κ1) is 16.3. The number of aliphatic hydroxyl groups is 1. The van der Waals surface area contributed by atoms with Gasteiger partial charge in [0.25, 0.3) is 0 Å². The topological polar surface area (TPSA) is 35.5 Å². The number of hydrogen-bond donors (Lipinski definition) is 2. The minimum absolute atomic E-state index is 0.294. The van der Waals surface area contributed by atoms with Crippen LogP contribution in [0.2, 0.25) is 0 Å². The van der Waals surface area contributed by atoms with Gasteiger partial charge in [-0.2, -0.15) is 0 Å². The van der Waals surface area contributed by atoms with E-state index in [2.05, 4.69) is 24.1 Å². The first-order chi connectivity index (χ1) is 9.67. The molecule has 3 heteroatoms. The van der Waals surface area contributed by atoms with Gasteiger partial charge in [0.15, 0.2) is 0 Å². The van der Waals surface area contributed by atoms with Crippen molar-refractivity contribution in [2.45, 2.75) is 64.8 Å². The van der Waals surface area contributed by atoms with E-state index in [1.54, 1.807) is 0 Å². The molecule has 2 saturated carbocycles. The highest BCUT2D eigenvalue weighted by Gasteiger charge is 2.36. The van der Waals surface area contributed by atoms with E-state index >= 15 is 0 Å². The Bertz CT molecular complexity index is 264. The van der Waals surface area contributed by atoms with Crippen LogP contribution in [0.25, 0.3) is 0 Å². The summed E-state index contributed by atoms with van der Waals surface area (Å²) in [6.45, 7) is 9.26. The van der Waals surface area contributed by atoms with Crippen LogP contribution in [0.5, 0.6) is 0 Å². The first-order valence-corrected chi connectivity index (χ1v) is 8.74. The maximum absolute atomic E-state index is 9.29. The first-order valence-electron chi connectivity index (χ1n) is 8.74. The van der Waals surface area contributed by atoms with Crippen molar-refractivity contribution in [2.24, 2.45) is 11.3 Å². The lowest BCUT2D eigenvalue weighted by molar-refractivity contribution is 0.0755. The monoisotopic (exact) mass is 282 g/mol. The predicted molar refractivity (Wildman–Crippen MR) is 84.9 cm³/mol. The second kappa shape index (κ2) is 7.77. The molecule has 3 nitrogen and oxygen atoms in total. The van der Waals surface area contributed by atoms with Gasteiger partial charge in [-0.05, 0) is 50.0 Å². The lowest BCUT2D eigenvalue weighted by Crippen LogP contribution is -2.47. The van der Waals surface area contributed by atoms with E-state index in [9.17, 15) is 5.11 Å². The van der Waals surface area contributed by atoms with Crippen molar-refractivity contribution >= 4 is 0 Å². The normalized spacial score (nSPS) is 30.9. The van der Waals surface area contributed by atoms with E-state index < -0.39 is 0 Å². The number of nitrogens with one attached hydrogen (secondary N) is 1. The molecule has 0 atom stereocenters. The molecule has 0 aromatic rings. The van der Waals surface area contributed by atoms with Crippen molar-refractivity contribution in [1.82, 2.24) is 10.2 Å². The number of hydrogen-bond acceptors (Lipinski definition) is 3. The zero-order valence-corrected chi connectivity index (χ0v) is 13.5. The summed E-state index contributed by atoms with van der Waals surface area (Å²) in [7, 11) is 0. The van der Waals surface area contributed by atoms with Gasteiger partial charge in [0.1, 0.15) is 0 Å². The molecular formula is C17H34N2O. The summed E-state index contributed by atoms with van der Waals surface area (Å²) in [5, 5.41) is 13.1. The van der Waals surface area contributed by atoms with Crippen molar-refractivity contribution in [3.63, 3.8) is 0 Å². The highest BCUT2D eigenvalue weighted by Crippen LogP contribution is 2.39. The molecule has 2 fully saturated rings. The molecule has 0 aromatic heterocycles. The van der Waals surface area contributed by atoms with E-state index in [1.807, 2.05) is 0 Å². The molecule has 0 saturated heterocycles.